The highest BCUT2D eigenvalue weighted by molar-refractivity contribution is 5.97. The van der Waals surface area contributed by atoms with Gasteiger partial charge in [0.1, 0.15) is 17.1 Å². The van der Waals surface area contributed by atoms with Crippen LogP contribution in [0, 0.1) is 12.7 Å². The second-order valence-corrected chi connectivity index (χ2v) is 4.08. The monoisotopic (exact) mass is 260 g/mol. The van der Waals surface area contributed by atoms with Gasteiger partial charge in [-0.2, -0.15) is 0 Å². The van der Waals surface area contributed by atoms with Crippen LogP contribution >= 0.6 is 0 Å². The summed E-state index contributed by atoms with van der Waals surface area (Å²) in [6.45, 7) is 2.05. The van der Waals surface area contributed by atoms with Gasteiger partial charge in [-0.3, -0.25) is 9.78 Å². The molecule has 4 nitrogen and oxygen atoms in total. The van der Waals surface area contributed by atoms with Crippen molar-refractivity contribution >= 4 is 5.91 Å². The molecule has 1 aromatic heterocycles. The maximum absolute atomic E-state index is 13.5. The Morgan fingerprint density at radius 3 is 2.84 bits per heavy atom. The molecule has 2 aromatic rings. The van der Waals surface area contributed by atoms with Gasteiger partial charge in [0.05, 0.1) is 12.2 Å². The van der Waals surface area contributed by atoms with Crippen LogP contribution < -0.4 is 5.32 Å². The fourth-order valence-electron chi connectivity index (χ4n) is 1.69. The highest BCUT2D eigenvalue weighted by atomic mass is 19.1. The van der Waals surface area contributed by atoms with Gasteiger partial charge >= 0.3 is 0 Å². The number of phenols is 1. The number of aryl methyl sites for hydroxylation is 1. The Morgan fingerprint density at radius 1 is 1.37 bits per heavy atom. The minimum atomic E-state index is -0.754. The van der Waals surface area contributed by atoms with Crippen LogP contribution in [0.15, 0.2) is 36.5 Å². The molecule has 1 aromatic carbocycles. The molecule has 0 bridgehead atoms. The molecule has 1 amide bonds. The average molecular weight is 260 g/mol. The molecule has 2 rings (SSSR count). The summed E-state index contributed by atoms with van der Waals surface area (Å²) >= 11 is 0. The Labute approximate surface area is 109 Å². The molecule has 0 aliphatic heterocycles. The normalized spacial score (nSPS) is 10.2. The van der Waals surface area contributed by atoms with Crippen molar-refractivity contribution in [3.8, 4) is 5.75 Å². The van der Waals surface area contributed by atoms with Crippen LogP contribution in [0.4, 0.5) is 4.39 Å². The standard InChI is InChI=1S/C14H13FN2O2/c1-9-4-3-7-16-11(9)8-17-14(19)13-10(15)5-2-6-12(13)18/h2-7,18H,8H2,1H3,(H,17,19). The van der Waals surface area contributed by atoms with Gasteiger partial charge in [-0.15, -0.1) is 0 Å². The van der Waals surface area contributed by atoms with Gasteiger partial charge in [-0.25, -0.2) is 4.39 Å². The first-order valence-electron chi connectivity index (χ1n) is 5.75. The van der Waals surface area contributed by atoms with Crippen molar-refractivity contribution in [1.82, 2.24) is 10.3 Å². The summed E-state index contributed by atoms with van der Waals surface area (Å²) in [5.74, 6) is -1.80. The van der Waals surface area contributed by atoms with Crippen molar-refractivity contribution in [3.63, 3.8) is 0 Å². The molecule has 0 unspecified atom stereocenters. The molecule has 0 atom stereocenters. The van der Waals surface area contributed by atoms with Crippen LogP contribution in [0.2, 0.25) is 0 Å². The number of pyridine rings is 1. The van der Waals surface area contributed by atoms with E-state index in [1.807, 2.05) is 13.0 Å². The molecule has 0 saturated heterocycles. The predicted octanol–water partition coefficient (Wildman–Crippen LogP) is 2.16. The first-order valence-corrected chi connectivity index (χ1v) is 5.75. The van der Waals surface area contributed by atoms with Crippen LogP contribution in [0.1, 0.15) is 21.6 Å². The Balaban J connectivity index is 2.13. The van der Waals surface area contributed by atoms with Crippen LogP contribution in [-0.2, 0) is 6.54 Å². The second-order valence-electron chi connectivity index (χ2n) is 4.08. The average Bonchev–Trinajstić information content (AvgIpc) is 2.37. The minimum absolute atomic E-state index is 0.180. The maximum atomic E-state index is 13.5. The van der Waals surface area contributed by atoms with Crippen molar-refractivity contribution in [2.75, 3.05) is 0 Å². The van der Waals surface area contributed by atoms with Crippen molar-refractivity contribution < 1.29 is 14.3 Å². The van der Waals surface area contributed by atoms with Gasteiger partial charge in [-0.05, 0) is 30.7 Å². The molecule has 0 fully saturated rings. The third-order valence-corrected chi connectivity index (χ3v) is 2.75. The number of aromatic hydroxyl groups is 1. The molecule has 1 heterocycles. The summed E-state index contributed by atoms with van der Waals surface area (Å²) in [4.78, 5) is 15.9. The van der Waals surface area contributed by atoms with E-state index in [0.29, 0.717) is 5.69 Å². The topological polar surface area (TPSA) is 62.2 Å². The second kappa shape index (κ2) is 5.48. The smallest absolute Gasteiger partial charge is 0.258 e. The SMILES string of the molecule is Cc1cccnc1CNC(=O)c1c(O)cccc1F. The van der Waals surface area contributed by atoms with Crippen LogP contribution in [0.3, 0.4) is 0 Å². The molecule has 2 N–H and O–H groups in total. The summed E-state index contributed by atoms with van der Waals surface area (Å²) in [6.07, 6.45) is 1.62. The third-order valence-electron chi connectivity index (χ3n) is 2.75. The number of nitrogens with zero attached hydrogens (tertiary/aromatic N) is 1. The van der Waals surface area contributed by atoms with Gasteiger partial charge in [0.25, 0.3) is 5.91 Å². The minimum Gasteiger partial charge on any atom is -0.507 e. The first-order chi connectivity index (χ1) is 9.09. The number of nitrogens with one attached hydrogen (secondary N) is 1. The zero-order chi connectivity index (χ0) is 13.8. The van der Waals surface area contributed by atoms with E-state index >= 15 is 0 Å². The van der Waals surface area contributed by atoms with Gasteiger partial charge < -0.3 is 10.4 Å². The molecule has 0 saturated carbocycles. The first kappa shape index (κ1) is 13.0. The van der Waals surface area contributed by atoms with Crippen LogP contribution in [0.25, 0.3) is 0 Å². The summed E-state index contributed by atoms with van der Waals surface area (Å²) in [5, 5.41) is 12.0. The summed E-state index contributed by atoms with van der Waals surface area (Å²) in [7, 11) is 0. The van der Waals surface area contributed by atoms with Gasteiger partial charge in [0.2, 0.25) is 0 Å². The number of aromatic nitrogens is 1. The van der Waals surface area contributed by atoms with E-state index in [0.717, 1.165) is 11.6 Å². The van der Waals surface area contributed by atoms with Gasteiger partial charge in [-0.1, -0.05) is 12.1 Å². The van der Waals surface area contributed by atoms with Crippen molar-refractivity contribution in [2.24, 2.45) is 0 Å². The molecular weight excluding hydrogens is 247 g/mol. The van der Waals surface area contributed by atoms with E-state index in [2.05, 4.69) is 10.3 Å². The maximum Gasteiger partial charge on any atom is 0.258 e. The highest BCUT2D eigenvalue weighted by Crippen LogP contribution is 2.19. The lowest BCUT2D eigenvalue weighted by atomic mass is 10.1. The molecule has 98 valence electrons. The zero-order valence-electron chi connectivity index (χ0n) is 10.4. The predicted molar refractivity (Wildman–Crippen MR) is 68.2 cm³/mol. The van der Waals surface area contributed by atoms with Crippen molar-refractivity contribution in [1.29, 1.82) is 0 Å². The fraction of sp³-hybridized carbons (Fsp3) is 0.143. The van der Waals surface area contributed by atoms with E-state index in [4.69, 9.17) is 0 Å². The Hall–Kier alpha value is -2.43. The largest absolute Gasteiger partial charge is 0.507 e. The molecule has 5 heteroatoms. The third kappa shape index (κ3) is 2.88. The molecule has 0 radical (unpaired) electrons. The zero-order valence-corrected chi connectivity index (χ0v) is 10.4. The molecular formula is C14H13FN2O2. The van der Waals surface area contributed by atoms with E-state index in [-0.39, 0.29) is 17.9 Å². The number of hydrogen-bond acceptors (Lipinski definition) is 3. The number of carbonyl (C=O) groups excluding carboxylic acids is 1. The summed E-state index contributed by atoms with van der Waals surface area (Å²) < 4.78 is 13.5. The van der Waals surface area contributed by atoms with Crippen LogP contribution in [-0.4, -0.2) is 16.0 Å². The number of hydrogen-bond donors (Lipinski definition) is 2. The van der Waals surface area contributed by atoms with Gasteiger partial charge in [0, 0.05) is 6.20 Å². The summed E-state index contributed by atoms with van der Waals surface area (Å²) in [5.41, 5.74) is 1.28. The Kier molecular flexibility index (Phi) is 3.75. The van der Waals surface area contributed by atoms with Crippen molar-refractivity contribution in [3.05, 3.63) is 59.2 Å². The number of carbonyl (C=O) groups is 1. The summed E-state index contributed by atoms with van der Waals surface area (Å²) in [6, 6.07) is 7.40. The van der Waals surface area contributed by atoms with Crippen LogP contribution in [0.5, 0.6) is 5.75 Å². The molecule has 0 aliphatic rings. The number of rotatable bonds is 3. The lowest BCUT2D eigenvalue weighted by molar-refractivity contribution is 0.0943. The molecule has 0 aliphatic carbocycles. The lowest BCUT2D eigenvalue weighted by Gasteiger charge is -2.08. The molecule has 19 heavy (non-hydrogen) atoms. The Bertz CT molecular complexity index is 594. The fourth-order valence-corrected chi connectivity index (χ4v) is 1.69. The van der Waals surface area contributed by atoms with E-state index in [1.54, 1.807) is 12.3 Å². The number of phenolic OH excluding ortho intramolecular Hbond substituents is 1. The highest BCUT2D eigenvalue weighted by Gasteiger charge is 2.16. The van der Waals surface area contributed by atoms with E-state index < -0.39 is 11.7 Å². The number of benzene rings is 1. The number of amides is 1. The quantitative estimate of drug-likeness (QED) is 0.889. The van der Waals surface area contributed by atoms with E-state index in [1.165, 1.54) is 12.1 Å². The van der Waals surface area contributed by atoms with E-state index in [9.17, 15) is 14.3 Å². The lowest BCUT2D eigenvalue weighted by Crippen LogP contribution is -2.24. The Morgan fingerprint density at radius 2 is 2.16 bits per heavy atom. The number of halogens is 1. The van der Waals surface area contributed by atoms with Crippen molar-refractivity contribution in [2.45, 2.75) is 13.5 Å². The molecule has 0 spiro atoms. The van der Waals surface area contributed by atoms with Gasteiger partial charge in [0.15, 0.2) is 0 Å².